The van der Waals surface area contributed by atoms with Crippen LogP contribution in [0.1, 0.15) is 24.9 Å². The van der Waals surface area contributed by atoms with Crippen LogP contribution >= 0.6 is 11.6 Å². The Kier molecular flexibility index (Phi) is 7.12. The largest absolute Gasteiger partial charge is 0.415 e. The summed E-state index contributed by atoms with van der Waals surface area (Å²) in [6, 6.07) is 9.80. The second kappa shape index (κ2) is 9.90. The van der Waals surface area contributed by atoms with Gasteiger partial charge in [-0.1, -0.05) is 17.7 Å². The number of alkyl halides is 2. The number of rotatable bonds is 7. The summed E-state index contributed by atoms with van der Waals surface area (Å²) in [7, 11) is -1.94. The molecule has 1 aliphatic heterocycles. The van der Waals surface area contributed by atoms with Gasteiger partial charge in [0.05, 0.1) is 23.5 Å². The van der Waals surface area contributed by atoms with E-state index in [0.717, 1.165) is 0 Å². The fourth-order valence-electron chi connectivity index (χ4n) is 3.53. The summed E-state index contributed by atoms with van der Waals surface area (Å²) in [5, 5.41) is 7.31. The minimum absolute atomic E-state index is 0.0597. The van der Waals surface area contributed by atoms with Crippen LogP contribution < -0.4 is 4.31 Å². The number of aromatic nitrogens is 3. The van der Waals surface area contributed by atoms with Gasteiger partial charge in [-0.25, -0.2) is 0 Å². The third-order valence-electron chi connectivity index (χ3n) is 5.63. The molecule has 0 amide bonds. The zero-order valence-corrected chi connectivity index (χ0v) is 20.0. The molecule has 3 heterocycles. The highest BCUT2D eigenvalue weighted by Crippen LogP contribution is 2.28. The molecule has 0 bridgehead atoms. The SMILES string of the molecule is CC1CN(S(=O)(=O)N(Cc2ccc(-c3nnc(C(F)F)o3)cn2)c2cccc(Cl)c2)CCN1C. The van der Waals surface area contributed by atoms with Gasteiger partial charge in [0.25, 0.3) is 5.89 Å². The first-order valence-electron chi connectivity index (χ1n) is 10.5. The van der Waals surface area contributed by atoms with Gasteiger partial charge < -0.3 is 9.32 Å². The third kappa shape index (κ3) is 5.19. The molecule has 3 aromatic rings. The molecule has 1 aromatic carbocycles. The predicted molar refractivity (Wildman–Crippen MR) is 123 cm³/mol. The van der Waals surface area contributed by atoms with E-state index in [-0.39, 0.29) is 18.5 Å². The molecule has 2 aromatic heterocycles. The summed E-state index contributed by atoms with van der Waals surface area (Å²) in [6.45, 7) is 3.24. The van der Waals surface area contributed by atoms with Crippen LogP contribution in [0.3, 0.4) is 0 Å². The van der Waals surface area contributed by atoms with Crippen LogP contribution in [0.5, 0.6) is 0 Å². The van der Waals surface area contributed by atoms with Crippen molar-refractivity contribution in [3.63, 3.8) is 0 Å². The van der Waals surface area contributed by atoms with Crippen molar-refractivity contribution >= 4 is 27.5 Å². The van der Waals surface area contributed by atoms with Gasteiger partial charge in [0.1, 0.15) is 0 Å². The minimum Gasteiger partial charge on any atom is -0.415 e. The Morgan fingerprint density at radius 1 is 1.24 bits per heavy atom. The van der Waals surface area contributed by atoms with Crippen LogP contribution in [0.15, 0.2) is 47.0 Å². The Hall–Kier alpha value is -2.67. The Morgan fingerprint density at radius 3 is 2.65 bits per heavy atom. The van der Waals surface area contributed by atoms with Gasteiger partial charge in [0.15, 0.2) is 0 Å². The molecule has 1 fully saturated rings. The van der Waals surface area contributed by atoms with Crippen molar-refractivity contribution in [3.05, 3.63) is 59.2 Å². The lowest BCUT2D eigenvalue weighted by atomic mass is 10.2. The summed E-state index contributed by atoms with van der Waals surface area (Å²) < 4.78 is 60.4. The number of hydrogen-bond donors (Lipinski definition) is 0. The molecule has 0 spiro atoms. The van der Waals surface area contributed by atoms with Crippen LogP contribution in [0, 0.1) is 0 Å². The Balaban J connectivity index is 1.62. The average molecular weight is 513 g/mol. The van der Waals surface area contributed by atoms with Crippen molar-refractivity contribution in [2.24, 2.45) is 0 Å². The highest BCUT2D eigenvalue weighted by molar-refractivity contribution is 7.90. The monoisotopic (exact) mass is 512 g/mol. The van der Waals surface area contributed by atoms with E-state index in [1.54, 1.807) is 36.4 Å². The van der Waals surface area contributed by atoms with Crippen molar-refractivity contribution in [3.8, 4) is 11.5 Å². The van der Waals surface area contributed by atoms with Gasteiger partial charge in [-0.05, 0) is 44.3 Å². The zero-order valence-electron chi connectivity index (χ0n) is 18.5. The van der Waals surface area contributed by atoms with Crippen LogP contribution in [-0.2, 0) is 16.8 Å². The number of benzene rings is 1. The second-order valence-corrected chi connectivity index (χ2v) is 10.3. The molecular formula is C21H23ClF2N6O3S. The van der Waals surface area contributed by atoms with Crippen molar-refractivity contribution in [1.29, 1.82) is 0 Å². The zero-order chi connectivity index (χ0) is 24.5. The summed E-state index contributed by atoms with van der Waals surface area (Å²) in [4.78, 5) is 6.41. The Bertz CT molecular complexity index is 1240. The normalized spacial score (nSPS) is 17.9. The molecule has 13 heteroatoms. The molecule has 9 nitrogen and oxygen atoms in total. The van der Waals surface area contributed by atoms with Crippen LogP contribution in [-0.4, -0.2) is 65.5 Å². The first-order chi connectivity index (χ1) is 16.1. The maximum atomic E-state index is 13.7. The van der Waals surface area contributed by atoms with Crippen molar-refractivity contribution < 1.29 is 21.6 Å². The molecule has 1 atom stereocenters. The van der Waals surface area contributed by atoms with E-state index in [1.807, 2.05) is 14.0 Å². The molecule has 0 radical (unpaired) electrons. The first kappa shape index (κ1) is 24.5. The molecule has 34 heavy (non-hydrogen) atoms. The van der Waals surface area contributed by atoms with E-state index in [4.69, 9.17) is 16.0 Å². The van der Waals surface area contributed by atoms with Gasteiger partial charge in [0, 0.05) is 36.9 Å². The number of hydrogen-bond acceptors (Lipinski definition) is 7. The van der Waals surface area contributed by atoms with Gasteiger partial charge in [-0.2, -0.15) is 21.5 Å². The van der Waals surface area contributed by atoms with Crippen molar-refractivity contribution in [1.82, 2.24) is 24.4 Å². The molecule has 0 aliphatic carbocycles. The van der Waals surface area contributed by atoms with Crippen LogP contribution in [0.25, 0.3) is 11.5 Å². The molecule has 1 aliphatic rings. The third-order valence-corrected chi connectivity index (χ3v) is 7.74. The summed E-state index contributed by atoms with van der Waals surface area (Å²) >= 11 is 6.15. The van der Waals surface area contributed by atoms with Crippen molar-refractivity contribution in [2.45, 2.75) is 25.9 Å². The summed E-state index contributed by atoms with van der Waals surface area (Å²) in [5.41, 5.74) is 1.18. The average Bonchev–Trinajstić information content (AvgIpc) is 3.30. The number of nitrogens with zero attached hydrogens (tertiary/aromatic N) is 6. The van der Waals surface area contributed by atoms with E-state index >= 15 is 0 Å². The fraction of sp³-hybridized carbons (Fsp3) is 0.381. The lowest BCUT2D eigenvalue weighted by Crippen LogP contribution is -2.55. The number of pyridine rings is 1. The number of anilines is 1. The van der Waals surface area contributed by atoms with Gasteiger partial charge >= 0.3 is 16.6 Å². The maximum absolute atomic E-state index is 13.7. The quantitative estimate of drug-likeness (QED) is 0.477. The highest BCUT2D eigenvalue weighted by Gasteiger charge is 2.35. The number of likely N-dealkylation sites (N-methyl/N-ethyl adjacent to an activating group) is 1. The van der Waals surface area contributed by atoms with E-state index < -0.39 is 22.5 Å². The molecule has 1 saturated heterocycles. The smallest absolute Gasteiger partial charge is 0.314 e. The maximum Gasteiger partial charge on any atom is 0.314 e. The second-order valence-electron chi connectivity index (χ2n) is 7.97. The topological polar surface area (TPSA) is 95.7 Å². The van der Waals surface area contributed by atoms with E-state index in [0.29, 0.717) is 41.6 Å². The van der Waals surface area contributed by atoms with E-state index in [2.05, 4.69) is 20.1 Å². The standard InChI is InChI=1S/C21H23ClF2N6O3S/c1-14-12-29(9-8-28(14)2)34(31,32)30(18-5-3-4-16(22)10-18)13-17-7-6-15(11-25-17)20-26-27-21(33-20)19(23)24/h3-7,10-11,14,19H,8-9,12-13H2,1-2H3. The predicted octanol–water partition coefficient (Wildman–Crippen LogP) is 3.61. The number of piperazine rings is 1. The lowest BCUT2D eigenvalue weighted by molar-refractivity contribution is 0.116. The molecule has 0 saturated carbocycles. The highest BCUT2D eigenvalue weighted by atomic mass is 35.5. The number of halogens is 3. The molecule has 0 N–H and O–H groups in total. The van der Waals surface area contributed by atoms with E-state index in [9.17, 15) is 17.2 Å². The van der Waals surface area contributed by atoms with Gasteiger partial charge in [0.2, 0.25) is 5.89 Å². The van der Waals surface area contributed by atoms with Gasteiger partial charge in [-0.3, -0.25) is 9.29 Å². The van der Waals surface area contributed by atoms with Crippen LogP contribution in [0.4, 0.5) is 14.5 Å². The molecule has 4 rings (SSSR count). The molecular weight excluding hydrogens is 490 g/mol. The summed E-state index contributed by atoms with van der Waals surface area (Å²) in [5.74, 6) is -0.876. The lowest BCUT2D eigenvalue weighted by Gasteiger charge is -2.39. The summed E-state index contributed by atoms with van der Waals surface area (Å²) in [6.07, 6.45) is -1.50. The molecule has 182 valence electrons. The Morgan fingerprint density at radius 2 is 2.03 bits per heavy atom. The van der Waals surface area contributed by atoms with Gasteiger partial charge in [-0.15, -0.1) is 10.2 Å². The fourth-order valence-corrected chi connectivity index (χ4v) is 5.39. The first-order valence-corrected chi connectivity index (χ1v) is 12.2. The van der Waals surface area contributed by atoms with Crippen molar-refractivity contribution in [2.75, 3.05) is 31.0 Å². The Labute approximate surface area is 201 Å². The minimum atomic E-state index is -3.90. The molecule has 1 unspecified atom stereocenters. The van der Waals surface area contributed by atoms with Crippen LogP contribution in [0.2, 0.25) is 5.02 Å². The van der Waals surface area contributed by atoms with E-state index in [1.165, 1.54) is 14.8 Å².